The zero-order valence-corrected chi connectivity index (χ0v) is 14.3. The number of aromatic nitrogens is 5. The van der Waals surface area contributed by atoms with Crippen molar-refractivity contribution in [3.63, 3.8) is 0 Å². The standard InChI is InChI=1S/C17H20N6O2/c1-12-19-13(2)23(20-12)10-14-8-21-6-5-18-16(21)11-22(9-14)17(24)15-4-3-7-25-15/h3-7,14H,8-11H2,1-2H3/t14-/m1/s1. The zero-order chi connectivity index (χ0) is 17.4. The van der Waals surface area contributed by atoms with Crippen LogP contribution >= 0.6 is 0 Å². The van der Waals surface area contributed by atoms with Gasteiger partial charge in [-0.3, -0.25) is 4.79 Å². The average Bonchev–Trinajstić information content (AvgIpc) is 3.28. The molecule has 8 heteroatoms. The van der Waals surface area contributed by atoms with Gasteiger partial charge in [0.2, 0.25) is 0 Å². The highest BCUT2D eigenvalue weighted by atomic mass is 16.3. The molecule has 1 atom stereocenters. The van der Waals surface area contributed by atoms with Gasteiger partial charge >= 0.3 is 0 Å². The predicted octanol–water partition coefficient (Wildman–Crippen LogP) is 1.66. The van der Waals surface area contributed by atoms with E-state index in [0.29, 0.717) is 25.4 Å². The van der Waals surface area contributed by atoms with E-state index in [2.05, 4.69) is 19.6 Å². The van der Waals surface area contributed by atoms with E-state index in [4.69, 9.17) is 4.42 Å². The lowest BCUT2D eigenvalue weighted by molar-refractivity contribution is 0.0680. The number of hydrogen-bond acceptors (Lipinski definition) is 5. The van der Waals surface area contributed by atoms with Gasteiger partial charge in [-0.05, 0) is 26.0 Å². The third-order valence-electron chi connectivity index (χ3n) is 4.48. The molecule has 1 aliphatic heterocycles. The van der Waals surface area contributed by atoms with Gasteiger partial charge in [0.1, 0.15) is 17.5 Å². The van der Waals surface area contributed by atoms with Gasteiger partial charge in [-0.2, -0.15) is 5.10 Å². The highest BCUT2D eigenvalue weighted by Crippen LogP contribution is 2.19. The molecule has 0 fully saturated rings. The third-order valence-corrected chi connectivity index (χ3v) is 4.48. The number of carbonyl (C=O) groups excluding carboxylic acids is 1. The number of aryl methyl sites for hydroxylation is 2. The maximum absolute atomic E-state index is 12.8. The molecular formula is C17H20N6O2. The Morgan fingerprint density at radius 1 is 1.36 bits per heavy atom. The summed E-state index contributed by atoms with van der Waals surface area (Å²) >= 11 is 0. The van der Waals surface area contributed by atoms with E-state index in [1.807, 2.05) is 24.7 Å². The third kappa shape index (κ3) is 3.07. The first-order chi connectivity index (χ1) is 12.1. The Kier molecular flexibility index (Phi) is 3.87. The fourth-order valence-electron chi connectivity index (χ4n) is 3.35. The van der Waals surface area contributed by atoms with Crippen LogP contribution in [0.25, 0.3) is 0 Å². The Labute approximate surface area is 145 Å². The van der Waals surface area contributed by atoms with Crippen molar-refractivity contribution in [3.8, 4) is 0 Å². The van der Waals surface area contributed by atoms with Crippen molar-refractivity contribution in [2.24, 2.45) is 5.92 Å². The zero-order valence-electron chi connectivity index (χ0n) is 14.3. The quantitative estimate of drug-likeness (QED) is 0.724. The van der Waals surface area contributed by atoms with Crippen LogP contribution in [0.3, 0.4) is 0 Å². The maximum atomic E-state index is 12.8. The molecule has 0 spiro atoms. The van der Waals surface area contributed by atoms with E-state index < -0.39 is 0 Å². The van der Waals surface area contributed by atoms with Crippen LogP contribution in [0.2, 0.25) is 0 Å². The molecule has 0 aliphatic carbocycles. The van der Waals surface area contributed by atoms with Crippen LogP contribution < -0.4 is 0 Å². The Balaban J connectivity index is 1.61. The molecule has 1 aliphatic rings. The van der Waals surface area contributed by atoms with Crippen molar-refractivity contribution in [2.75, 3.05) is 6.54 Å². The van der Waals surface area contributed by atoms with Crippen LogP contribution in [0.5, 0.6) is 0 Å². The van der Waals surface area contributed by atoms with Crippen molar-refractivity contribution in [2.45, 2.75) is 33.5 Å². The second kappa shape index (κ2) is 6.19. The van der Waals surface area contributed by atoms with Crippen molar-refractivity contribution >= 4 is 5.91 Å². The molecule has 1 amide bonds. The van der Waals surface area contributed by atoms with Crippen LogP contribution in [-0.4, -0.2) is 41.7 Å². The van der Waals surface area contributed by atoms with Crippen LogP contribution in [0, 0.1) is 19.8 Å². The highest BCUT2D eigenvalue weighted by Gasteiger charge is 2.28. The molecule has 0 aromatic carbocycles. The molecule has 0 N–H and O–H groups in total. The number of amides is 1. The Bertz CT molecular complexity index is 879. The first-order valence-electron chi connectivity index (χ1n) is 8.31. The van der Waals surface area contributed by atoms with Gasteiger partial charge in [-0.1, -0.05) is 0 Å². The number of fused-ring (bicyclic) bond motifs is 1. The Hall–Kier alpha value is -2.90. The highest BCUT2D eigenvalue weighted by molar-refractivity contribution is 5.91. The van der Waals surface area contributed by atoms with Crippen LogP contribution in [0.1, 0.15) is 28.0 Å². The van der Waals surface area contributed by atoms with Gasteiger partial charge in [-0.15, -0.1) is 0 Å². The normalized spacial score (nSPS) is 17.4. The summed E-state index contributed by atoms with van der Waals surface area (Å²) in [6.45, 7) is 6.41. The van der Waals surface area contributed by atoms with E-state index in [0.717, 1.165) is 24.0 Å². The number of imidazole rings is 1. The number of hydrogen-bond donors (Lipinski definition) is 0. The fourth-order valence-corrected chi connectivity index (χ4v) is 3.35. The second-order valence-corrected chi connectivity index (χ2v) is 6.41. The molecule has 4 rings (SSSR count). The predicted molar refractivity (Wildman–Crippen MR) is 88.7 cm³/mol. The first kappa shape index (κ1) is 15.6. The topological polar surface area (TPSA) is 82.0 Å². The molecule has 3 aromatic rings. The molecule has 0 saturated carbocycles. The van der Waals surface area contributed by atoms with Gasteiger partial charge < -0.3 is 13.9 Å². The van der Waals surface area contributed by atoms with E-state index in [1.54, 1.807) is 23.2 Å². The van der Waals surface area contributed by atoms with E-state index in [9.17, 15) is 4.79 Å². The first-order valence-corrected chi connectivity index (χ1v) is 8.31. The fraction of sp³-hybridized carbons (Fsp3) is 0.412. The SMILES string of the molecule is Cc1nc(C)n(C[C@H]2CN(C(=O)c3ccco3)Cc3nccn3C2)n1. The largest absolute Gasteiger partial charge is 0.459 e. The number of nitrogens with zero attached hydrogens (tertiary/aromatic N) is 6. The lowest BCUT2D eigenvalue weighted by Crippen LogP contribution is -2.35. The molecule has 0 radical (unpaired) electrons. The van der Waals surface area contributed by atoms with Gasteiger partial charge in [-0.25, -0.2) is 14.6 Å². The molecule has 0 unspecified atom stereocenters. The van der Waals surface area contributed by atoms with Crippen molar-refractivity contribution in [1.82, 2.24) is 29.2 Å². The average molecular weight is 340 g/mol. The Morgan fingerprint density at radius 3 is 2.96 bits per heavy atom. The summed E-state index contributed by atoms with van der Waals surface area (Å²) in [5.41, 5.74) is 0. The Morgan fingerprint density at radius 2 is 2.24 bits per heavy atom. The number of furan rings is 1. The molecule has 3 aromatic heterocycles. The lowest BCUT2D eigenvalue weighted by Gasteiger charge is -2.23. The maximum Gasteiger partial charge on any atom is 0.289 e. The molecule has 25 heavy (non-hydrogen) atoms. The summed E-state index contributed by atoms with van der Waals surface area (Å²) < 4.78 is 9.31. The molecule has 130 valence electrons. The summed E-state index contributed by atoms with van der Waals surface area (Å²) in [5.74, 6) is 2.97. The molecule has 4 heterocycles. The van der Waals surface area contributed by atoms with E-state index >= 15 is 0 Å². The summed E-state index contributed by atoms with van der Waals surface area (Å²) in [6.07, 6.45) is 5.26. The van der Waals surface area contributed by atoms with Crippen LogP contribution in [0.15, 0.2) is 35.2 Å². The van der Waals surface area contributed by atoms with Gasteiger partial charge in [0.25, 0.3) is 5.91 Å². The summed E-state index contributed by atoms with van der Waals surface area (Å²) in [5, 5.41) is 4.46. The minimum Gasteiger partial charge on any atom is -0.459 e. The van der Waals surface area contributed by atoms with Crippen molar-refractivity contribution in [1.29, 1.82) is 0 Å². The monoisotopic (exact) mass is 340 g/mol. The molecule has 0 saturated heterocycles. The minimum absolute atomic E-state index is 0.113. The van der Waals surface area contributed by atoms with E-state index in [1.165, 1.54) is 6.26 Å². The summed E-state index contributed by atoms with van der Waals surface area (Å²) in [6, 6.07) is 3.42. The lowest BCUT2D eigenvalue weighted by atomic mass is 10.1. The molecular weight excluding hydrogens is 320 g/mol. The minimum atomic E-state index is -0.113. The summed E-state index contributed by atoms with van der Waals surface area (Å²) in [4.78, 5) is 23.3. The van der Waals surface area contributed by atoms with Crippen LogP contribution in [-0.2, 0) is 19.6 Å². The number of rotatable bonds is 3. The van der Waals surface area contributed by atoms with Gasteiger partial charge in [0, 0.05) is 37.9 Å². The summed E-state index contributed by atoms with van der Waals surface area (Å²) in [7, 11) is 0. The second-order valence-electron chi connectivity index (χ2n) is 6.41. The van der Waals surface area contributed by atoms with Gasteiger partial charge in [0.05, 0.1) is 12.8 Å². The smallest absolute Gasteiger partial charge is 0.289 e. The molecule has 8 nitrogen and oxygen atoms in total. The van der Waals surface area contributed by atoms with E-state index in [-0.39, 0.29) is 11.8 Å². The van der Waals surface area contributed by atoms with Crippen LogP contribution in [0.4, 0.5) is 0 Å². The van der Waals surface area contributed by atoms with Crippen molar-refractivity contribution < 1.29 is 9.21 Å². The van der Waals surface area contributed by atoms with Crippen molar-refractivity contribution in [3.05, 3.63) is 54.0 Å². The molecule has 0 bridgehead atoms. The van der Waals surface area contributed by atoms with Gasteiger partial charge in [0.15, 0.2) is 5.76 Å². The number of carbonyl (C=O) groups is 1.